The molecular weight excluding hydrogens is 292 g/mol. The Morgan fingerprint density at radius 2 is 2.00 bits per heavy atom. The van der Waals surface area contributed by atoms with Gasteiger partial charge in [-0.25, -0.2) is 4.98 Å². The van der Waals surface area contributed by atoms with Crippen LogP contribution in [0.15, 0.2) is 18.3 Å². The third kappa shape index (κ3) is 3.87. The normalized spacial score (nSPS) is 10.6. The van der Waals surface area contributed by atoms with Gasteiger partial charge in [0.05, 0.1) is 4.88 Å². The van der Waals surface area contributed by atoms with E-state index in [4.69, 9.17) is 16.3 Å². The zero-order valence-corrected chi connectivity index (χ0v) is 13.6. The first kappa shape index (κ1) is 15.1. The Balaban J connectivity index is 1.96. The fourth-order valence-corrected chi connectivity index (χ4v) is 2.69. The van der Waals surface area contributed by atoms with Gasteiger partial charge in [-0.05, 0) is 43.5 Å². The highest BCUT2D eigenvalue weighted by molar-refractivity contribution is 7.15. The summed E-state index contributed by atoms with van der Waals surface area (Å²) < 4.78 is 5.81. The summed E-state index contributed by atoms with van der Waals surface area (Å²) in [5.74, 6) is 0.848. The van der Waals surface area contributed by atoms with Crippen molar-refractivity contribution in [3.8, 4) is 5.75 Å². The predicted octanol–water partition coefficient (Wildman–Crippen LogP) is 4.81. The molecule has 2 rings (SSSR count). The quantitative estimate of drug-likeness (QED) is 0.831. The van der Waals surface area contributed by atoms with Gasteiger partial charge in [-0.1, -0.05) is 29.9 Å². The van der Waals surface area contributed by atoms with Crippen molar-refractivity contribution in [1.29, 1.82) is 0 Å². The van der Waals surface area contributed by atoms with E-state index in [0.29, 0.717) is 6.61 Å². The van der Waals surface area contributed by atoms with Crippen molar-refractivity contribution in [3.63, 3.8) is 0 Å². The van der Waals surface area contributed by atoms with Crippen LogP contribution in [0.1, 0.15) is 29.3 Å². The van der Waals surface area contributed by atoms with Crippen LogP contribution in [-0.2, 0) is 6.61 Å². The van der Waals surface area contributed by atoms with Gasteiger partial charge in [0, 0.05) is 17.8 Å². The van der Waals surface area contributed by atoms with Gasteiger partial charge in [0.25, 0.3) is 0 Å². The molecule has 1 N–H and O–H groups in total. The van der Waals surface area contributed by atoms with Gasteiger partial charge >= 0.3 is 0 Å². The van der Waals surface area contributed by atoms with Crippen molar-refractivity contribution < 1.29 is 4.74 Å². The highest BCUT2D eigenvalue weighted by Gasteiger charge is 2.06. The molecule has 0 fully saturated rings. The summed E-state index contributed by atoms with van der Waals surface area (Å²) in [5.41, 5.74) is 2.08. The van der Waals surface area contributed by atoms with Crippen LogP contribution in [-0.4, -0.2) is 11.5 Å². The fourth-order valence-electron chi connectivity index (χ4n) is 1.83. The van der Waals surface area contributed by atoms with Crippen LogP contribution in [0.3, 0.4) is 0 Å². The maximum absolute atomic E-state index is 6.15. The second kappa shape index (κ2) is 6.95. The van der Waals surface area contributed by atoms with Crippen LogP contribution < -0.4 is 10.1 Å². The number of nitrogens with zero attached hydrogens (tertiary/aromatic N) is 1. The van der Waals surface area contributed by atoms with Gasteiger partial charge in [0.15, 0.2) is 5.13 Å². The van der Waals surface area contributed by atoms with E-state index in [9.17, 15) is 0 Å². The average molecular weight is 311 g/mol. The maximum Gasteiger partial charge on any atom is 0.182 e. The van der Waals surface area contributed by atoms with E-state index in [-0.39, 0.29) is 0 Å². The average Bonchev–Trinajstić information content (AvgIpc) is 2.88. The molecule has 1 aromatic heterocycles. The third-order valence-electron chi connectivity index (χ3n) is 2.87. The first-order valence-electron chi connectivity index (χ1n) is 6.68. The van der Waals surface area contributed by atoms with Gasteiger partial charge in [0.2, 0.25) is 0 Å². The molecule has 1 heterocycles. The number of aromatic nitrogens is 1. The molecule has 1 aromatic carbocycles. The molecule has 108 valence electrons. The van der Waals surface area contributed by atoms with Gasteiger partial charge in [-0.2, -0.15) is 0 Å². The molecule has 0 aliphatic rings. The zero-order valence-electron chi connectivity index (χ0n) is 12.0. The smallest absolute Gasteiger partial charge is 0.182 e. The summed E-state index contributed by atoms with van der Waals surface area (Å²) in [6.07, 6.45) is 2.95. The number of benzene rings is 1. The molecule has 0 saturated heterocycles. The number of hydrogen-bond acceptors (Lipinski definition) is 4. The molecule has 0 bridgehead atoms. The number of aryl methyl sites for hydroxylation is 2. The van der Waals surface area contributed by atoms with Crippen LogP contribution >= 0.6 is 22.9 Å². The van der Waals surface area contributed by atoms with E-state index in [1.54, 1.807) is 11.3 Å². The SMILES string of the molecule is CCCNc1ncc(COc2cc(C)c(Cl)c(C)c2)s1. The number of rotatable bonds is 6. The van der Waals surface area contributed by atoms with E-state index >= 15 is 0 Å². The minimum atomic E-state index is 0.534. The molecule has 0 radical (unpaired) electrons. The second-order valence-electron chi connectivity index (χ2n) is 4.72. The highest BCUT2D eigenvalue weighted by Crippen LogP contribution is 2.27. The Kier molecular flexibility index (Phi) is 5.26. The number of halogens is 1. The molecule has 0 unspecified atom stereocenters. The van der Waals surface area contributed by atoms with Crippen molar-refractivity contribution in [2.75, 3.05) is 11.9 Å². The van der Waals surface area contributed by atoms with E-state index in [1.165, 1.54) is 0 Å². The summed E-state index contributed by atoms with van der Waals surface area (Å²) in [7, 11) is 0. The lowest BCUT2D eigenvalue weighted by Crippen LogP contribution is -1.98. The van der Waals surface area contributed by atoms with Crippen molar-refractivity contribution in [2.45, 2.75) is 33.8 Å². The number of anilines is 1. The fraction of sp³-hybridized carbons (Fsp3) is 0.400. The minimum Gasteiger partial charge on any atom is -0.488 e. The minimum absolute atomic E-state index is 0.534. The van der Waals surface area contributed by atoms with Gasteiger partial charge in [-0.15, -0.1) is 0 Å². The molecule has 0 atom stereocenters. The Labute approximate surface area is 129 Å². The summed E-state index contributed by atoms with van der Waals surface area (Å²) >= 11 is 7.78. The molecule has 2 aromatic rings. The number of hydrogen-bond donors (Lipinski definition) is 1. The Morgan fingerprint density at radius 3 is 2.65 bits per heavy atom. The Bertz CT molecular complexity index is 560. The van der Waals surface area contributed by atoms with Gasteiger partial charge in [0.1, 0.15) is 12.4 Å². The van der Waals surface area contributed by atoms with Gasteiger partial charge in [-0.3, -0.25) is 0 Å². The zero-order chi connectivity index (χ0) is 14.5. The Morgan fingerprint density at radius 1 is 1.30 bits per heavy atom. The lowest BCUT2D eigenvalue weighted by molar-refractivity contribution is 0.309. The predicted molar refractivity (Wildman–Crippen MR) is 86.2 cm³/mol. The maximum atomic E-state index is 6.15. The molecule has 0 aliphatic carbocycles. The van der Waals surface area contributed by atoms with Crippen molar-refractivity contribution in [3.05, 3.63) is 39.4 Å². The van der Waals surface area contributed by atoms with E-state index in [0.717, 1.165) is 44.9 Å². The standard InChI is InChI=1S/C15H19ClN2OS/c1-4-5-17-15-18-8-13(20-15)9-19-12-6-10(2)14(16)11(3)7-12/h6-8H,4-5,9H2,1-3H3,(H,17,18). The number of thiazole rings is 1. The Hall–Kier alpha value is -1.26. The van der Waals surface area contributed by atoms with Crippen molar-refractivity contribution >= 4 is 28.1 Å². The van der Waals surface area contributed by atoms with Crippen molar-refractivity contribution in [1.82, 2.24) is 4.98 Å². The summed E-state index contributed by atoms with van der Waals surface area (Å²) in [6.45, 7) is 7.59. The molecule has 0 saturated carbocycles. The molecule has 0 aliphatic heterocycles. The summed E-state index contributed by atoms with van der Waals surface area (Å²) in [5, 5.41) is 5.03. The van der Waals surface area contributed by atoms with Crippen LogP contribution in [0.5, 0.6) is 5.75 Å². The van der Waals surface area contributed by atoms with Crippen LogP contribution in [0, 0.1) is 13.8 Å². The van der Waals surface area contributed by atoms with E-state index in [1.807, 2.05) is 32.2 Å². The third-order valence-corrected chi connectivity index (χ3v) is 4.40. The summed E-state index contributed by atoms with van der Waals surface area (Å²) in [4.78, 5) is 5.43. The van der Waals surface area contributed by atoms with E-state index in [2.05, 4.69) is 17.2 Å². The molecular formula is C15H19ClN2OS. The molecule has 5 heteroatoms. The second-order valence-corrected chi connectivity index (χ2v) is 6.21. The number of ether oxygens (including phenoxy) is 1. The largest absolute Gasteiger partial charge is 0.488 e. The summed E-state index contributed by atoms with van der Waals surface area (Å²) in [6, 6.07) is 3.93. The van der Waals surface area contributed by atoms with Crippen LogP contribution in [0.4, 0.5) is 5.13 Å². The number of nitrogens with one attached hydrogen (secondary N) is 1. The molecule has 0 amide bonds. The van der Waals surface area contributed by atoms with E-state index < -0.39 is 0 Å². The molecule has 3 nitrogen and oxygen atoms in total. The topological polar surface area (TPSA) is 34.2 Å². The lowest BCUT2D eigenvalue weighted by atomic mass is 10.1. The van der Waals surface area contributed by atoms with Crippen molar-refractivity contribution in [2.24, 2.45) is 0 Å². The van der Waals surface area contributed by atoms with Crippen LogP contribution in [0.25, 0.3) is 0 Å². The molecule has 0 spiro atoms. The molecule has 20 heavy (non-hydrogen) atoms. The lowest BCUT2D eigenvalue weighted by Gasteiger charge is -2.08. The monoisotopic (exact) mass is 310 g/mol. The van der Waals surface area contributed by atoms with Gasteiger partial charge < -0.3 is 10.1 Å². The highest BCUT2D eigenvalue weighted by atomic mass is 35.5. The first-order valence-corrected chi connectivity index (χ1v) is 7.87. The van der Waals surface area contributed by atoms with Crippen LogP contribution in [0.2, 0.25) is 5.02 Å². The first-order chi connectivity index (χ1) is 9.60.